The molecule has 0 aromatic heterocycles. The second-order valence-electron chi connectivity index (χ2n) is 4.70. The molecule has 0 saturated carbocycles. The van der Waals surface area contributed by atoms with Gasteiger partial charge in [0.15, 0.2) is 5.78 Å². The van der Waals surface area contributed by atoms with Crippen molar-refractivity contribution in [3.8, 4) is 0 Å². The summed E-state index contributed by atoms with van der Waals surface area (Å²) in [4.78, 5) is 23.6. The van der Waals surface area contributed by atoms with Crippen LogP contribution in [0.3, 0.4) is 0 Å². The number of halogens is 2. The lowest BCUT2D eigenvalue weighted by Crippen LogP contribution is -2.13. The molecule has 5 heteroatoms. The third kappa shape index (κ3) is 3.76. The summed E-state index contributed by atoms with van der Waals surface area (Å²) in [5.41, 5.74) is 2.07. The van der Waals surface area contributed by atoms with Gasteiger partial charge in [-0.1, -0.05) is 28.1 Å². The molecule has 1 amide bonds. The first-order valence-electron chi connectivity index (χ1n) is 6.26. The normalized spacial score (nSPS) is 10.3. The summed E-state index contributed by atoms with van der Waals surface area (Å²) in [5, 5.41) is 2.70. The van der Waals surface area contributed by atoms with Crippen LogP contribution in [0.2, 0.25) is 0 Å². The predicted molar refractivity (Wildman–Crippen MR) is 83.2 cm³/mol. The van der Waals surface area contributed by atoms with Crippen molar-refractivity contribution in [2.24, 2.45) is 0 Å². The van der Waals surface area contributed by atoms with Crippen LogP contribution >= 0.6 is 15.9 Å². The number of hydrogen-bond acceptors (Lipinski definition) is 2. The largest absolute Gasteiger partial charge is 0.322 e. The van der Waals surface area contributed by atoms with Gasteiger partial charge in [0.2, 0.25) is 0 Å². The monoisotopic (exact) mass is 349 g/mol. The zero-order chi connectivity index (χ0) is 15.6. The Morgan fingerprint density at radius 1 is 1.10 bits per heavy atom. The molecule has 2 aromatic rings. The maximum Gasteiger partial charge on any atom is 0.255 e. The lowest BCUT2D eigenvalue weighted by Gasteiger charge is -2.10. The number of aryl methyl sites for hydroxylation is 1. The van der Waals surface area contributed by atoms with E-state index in [9.17, 15) is 14.0 Å². The van der Waals surface area contributed by atoms with E-state index in [1.807, 2.05) is 6.92 Å². The van der Waals surface area contributed by atoms with E-state index in [0.29, 0.717) is 15.7 Å². The summed E-state index contributed by atoms with van der Waals surface area (Å²) >= 11 is 3.15. The molecule has 108 valence electrons. The molecular weight excluding hydrogens is 337 g/mol. The third-order valence-corrected chi connectivity index (χ3v) is 3.47. The Hall–Kier alpha value is -2.01. The number of Topliss-reactive ketones (excluding diaryl/α,β-unsaturated/α-hetero) is 1. The van der Waals surface area contributed by atoms with Crippen molar-refractivity contribution < 1.29 is 14.0 Å². The highest BCUT2D eigenvalue weighted by Crippen LogP contribution is 2.20. The Balaban J connectivity index is 2.31. The maximum absolute atomic E-state index is 13.3. The molecule has 21 heavy (non-hydrogen) atoms. The van der Waals surface area contributed by atoms with Gasteiger partial charge in [0.05, 0.1) is 0 Å². The van der Waals surface area contributed by atoms with Crippen LogP contribution in [0.5, 0.6) is 0 Å². The lowest BCUT2D eigenvalue weighted by atomic mass is 10.1. The average molecular weight is 350 g/mol. The molecule has 3 nitrogen and oxygen atoms in total. The highest BCUT2D eigenvalue weighted by molar-refractivity contribution is 9.10. The van der Waals surface area contributed by atoms with Crippen LogP contribution in [0.4, 0.5) is 10.1 Å². The van der Waals surface area contributed by atoms with Crippen LogP contribution in [0.15, 0.2) is 40.9 Å². The summed E-state index contributed by atoms with van der Waals surface area (Å²) in [5.74, 6) is -1.01. The number of carbonyl (C=O) groups excluding carboxylic acids is 2. The van der Waals surface area contributed by atoms with Crippen molar-refractivity contribution in [2.75, 3.05) is 5.32 Å². The van der Waals surface area contributed by atoms with Gasteiger partial charge >= 0.3 is 0 Å². The van der Waals surface area contributed by atoms with E-state index < -0.39 is 11.7 Å². The number of hydrogen-bond donors (Lipinski definition) is 1. The summed E-state index contributed by atoms with van der Waals surface area (Å²) in [6, 6.07) is 9.04. The van der Waals surface area contributed by atoms with Gasteiger partial charge in [-0.15, -0.1) is 0 Å². The maximum atomic E-state index is 13.3. The second-order valence-corrected chi connectivity index (χ2v) is 5.61. The van der Waals surface area contributed by atoms with Gasteiger partial charge in [-0.25, -0.2) is 4.39 Å². The molecule has 0 radical (unpaired) electrons. The number of benzene rings is 2. The van der Waals surface area contributed by atoms with Crippen LogP contribution in [0.25, 0.3) is 0 Å². The highest BCUT2D eigenvalue weighted by atomic mass is 79.9. The molecule has 0 bridgehead atoms. The summed E-state index contributed by atoms with van der Waals surface area (Å²) in [6.45, 7) is 3.28. The van der Waals surface area contributed by atoms with Crippen LogP contribution in [-0.4, -0.2) is 11.7 Å². The van der Waals surface area contributed by atoms with E-state index in [1.165, 1.54) is 19.1 Å². The molecule has 0 aliphatic heterocycles. The quantitative estimate of drug-likeness (QED) is 0.837. The first-order chi connectivity index (χ1) is 9.86. The van der Waals surface area contributed by atoms with Gasteiger partial charge < -0.3 is 5.32 Å². The SMILES string of the molecule is CC(=O)c1ccc(C)c(NC(=O)c2cc(F)cc(Br)c2)c1. The van der Waals surface area contributed by atoms with E-state index in [2.05, 4.69) is 21.2 Å². The first kappa shape index (κ1) is 15.4. The van der Waals surface area contributed by atoms with Crippen molar-refractivity contribution in [2.45, 2.75) is 13.8 Å². The van der Waals surface area contributed by atoms with Crippen LogP contribution < -0.4 is 5.32 Å². The summed E-state index contributed by atoms with van der Waals surface area (Å²) in [6.07, 6.45) is 0. The highest BCUT2D eigenvalue weighted by Gasteiger charge is 2.11. The number of carbonyl (C=O) groups is 2. The number of ketones is 1. The van der Waals surface area contributed by atoms with Crippen molar-refractivity contribution in [3.05, 3.63) is 63.4 Å². The number of rotatable bonds is 3. The summed E-state index contributed by atoms with van der Waals surface area (Å²) in [7, 11) is 0. The van der Waals surface area contributed by atoms with Crippen molar-refractivity contribution in [3.63, 3.8) is 0 Å². The molecule has 2 aromatic carbocycles. The van der Waals surface area contributed by atoms with E-state index in [1.54, 1.807) is 18.2 Å². The first-order valence-corrected chi connectivity index (χ1v) is 7.05. The smallest absolute Gasteiger partial charge is 0.255 e. The molecule has 0 heterocycles. The van der Waals surface area contributed by atoms with Crippen molar-refractivity contribution >= 4 is 33.3 Å². The van der Waals surface area contributed by atoms with Gasteiger partial charge in [0, 0.05) is 21.3 Å². The van der Waals surface area contributed by atoms with E-state index in [4.69, 9.17) is 0 Å². The van der Waals surface area contributed by atoms with Crippen molar-refractivity contribution in [1.82, 2.24) is 0 Å². The van der Waals surface area contributed by atoms with Crippen molar-refractivity contribution in [1.29, 1.82) is 0 Å². The Morgan fingerprint density at radius 3 is 2.43 bits per heavy atom. The van der Waals surface area contributed by atoms with Crippen LogP contribution in [-0.2, 0) is 0 Å². The molecular formula is C16H13BrFNO2. The Labute approximate surface area is 130 Å². The van der Waals surface area contributed by atoms with E-state index in [-0.39, 0.29) is 11.3 Å². The zero-order valence-corrected chi connectivity index (χ0v) is 13.1. The molecule has 0 fully saturated rings. The van der Waals surface area contributed by atoms with Gasteiger partial charge in [-0.3, -0.25) is 9.59 Å². The Bertz CT molecular complexity index is 708. The fourth-order valence-electron chi connectivity index (χ4n) is 1.86. The average Bonchev–Trinajstić information content (AvgIpc) is 2.39. The number of nitrogens with one attached hydrogen (secondary N) is 1. The number of amides is 1. The lowest BCUT2D eigenvalue weighted by molar-refractivity contribution is 0.101. The topological polar surface area (TPSA) is 46.2 Å². The molecule has 0 saturated heterocycles. The summed E-state index contributed by atoms with van der Waals surface area (Å²) < 4.78 is 13.8. The van der Waals surface area contributed by atoms with Gasteiger partial charge in [-0.05, 0) is 43.7 Å². The minimum Gasteiger partial charge on any atom is -0.322 e. The van der Waals surface area contributed by atoms with Crippen LogP contribution in [0, 0.1) is 12.7 Å². The molecule has 0 aliphatic carbocycles. The molecule has 1 N–H and O–H groups in total. The van der Waals surface area contributed by atoms with Gasteiger partial charge in [0.25, 0.3) is 5.91 Å². The van der Waals surface area contributed by atoms with Gasteiger partial charge in [-0.2, -0.15) is 0 Å². The molecule has 0 atom stereocenters. The minimum absolute atomic E-state index is 0.0843. The minimum atomic E-state index is -0.497. The van der Waals surface area contributed by atoms with Crippen LogP contribution in [0.1, 0.15) is 33.2 Å². The standard InChI is InChI=1S/C16H13BrFNO2/c1-9-3-4-11(10(2)20)7-15(9)19-16(21)12-5-13(17)8-14(18)6-12/h3-8H,1-2H3,(H,19,21). The third-order valence-electron chi connectivity index (χ3n) is 3.02. The predicted octanol–water partition coefficient (Wildman–Crippen LogP) is 4.35. The van der Waals surface area contributed by atoms with E-state index >= 15 is 0 Å². The van der Waals surface area contributed by atoms with Gasteiger partial charge in [0.1, 0.15) is 5.82 Å². The number of anilines is 1. The molecule has 0 spiro atoms. The second kappa shape index (κ2) is 6.18. The van der Waals surface area contributed by atoms with E-state index in [0.717, 1.165) is 11.6 Å². The molecule has 0 aliphatic rings. The Kier molecular flexibility index (Phi) is 4.53. The fraction of sp³-hybridized carbons (Fsp3) is 0.125. The molecule has 0 unspecified atom stereocenters. The zero-order valence-electron chi connectivity index (χ0n) is 11.5. The Morgan fingerprint density at radius 2 is 1.81 bits per heavy atom. The molecule has 2 rings (SSSR count). The fourth-order valence-corrected chi connectivity index (χ4v) is 2.32.